The Balaban J connectivity index is 0.000000154. The molecule has 0 bridgehead atoms. The van der Waals surface area contributed by atoms with Gasteiger partial charge in [0.2, 0.25) is 0 Å². The fraction of sp³-hybridized carbons (Fsp3) is 0.333. The van der Waals surface area contributed by atoms with Gasteiger partial charge in [-0.3, -0.25) is 0 Å². The van der Waals surface area contributed by atoms with Crippen LogP contribution in [0.5, 0.6) is 0 Å². The lowest BCUT2D eigenvalue weighted by molar-refractivity contribution is -0.151. The SMILES string of the molecule is O=C(O)C1=C(C(=O)O)CSC1.O=C1OC(=O)C2=C1CSC2. The highest BCUT2D eigenvalue weighted by Gasteiger charge is 2.35. The maximum atomic E-state index is 10.8. The summed E-state index contributed by atoms with van der Waals surface area (Å²) in [6, 6.07) is 0. The van der Waals surface area contributed by atoms with Crippen molar-refractivity contribution in [2.24, 2.45) is 0 Å². The van der Waals surface area contributed by atoms with Crippen LogP contribution in [0.1, 0.15) is 0 Å². The van der Waals surface area contributed by atoms with Crippen molar-refractivity contribution in [3.8, 4) is 0 Å². The average Bonchev–Trinajstić information content (AvgIpc) is 3.11. The first-order valence-electron chi connectivity index (χ1n) is 5.74. The molecule has 9 heteroatoms. The third-order valence-electron chi connectivity index (χ3n) is 2.91. The molecular weight excluding hydrogens is 320 g/mol. The van der Waals surface area contributed by atoms with Crippen LogP contribution in [0.4, 0.5) is 0 Å². The van der Waals surface area contributed by atoms with Gasteiger partial charge in [-0.15, -0.1) is 0 Å². The van der Waals surface area contributed by atoms with Gasteiger partial charge < -0.3 is 14.9 Å². The molecule has 112 valence electrons. The molecule has 0 aromatic carbocycles. The number of hydrogen-bond donors (Lipinski definition) is 2. The van der Waals surface area contributed by atoms with E-state index in [0.717, 1.165) is 0 Å². The Labute approximate surface area is 127 Å². The van der Waals surface area contributed by atoms with E-state index in [1.165, 1.54) is 11.8 Å². The summed E-state index contributed by atoms with van der Waals surface area (Å²) in [5.74, 6) is -1.23. The first-order chi connectivity index (χ1) is 9.91. The van der Waals surface area contributed by atoms with Gasteiger partial charge in [-0.05, 0) is 0 Å². The molecule has 0 spiro atoms. The second-order valence-corrected chi connectivity index (χ2v) is 6.16. The zero-order valence-electron chi connectivity index (χ0n) is 10.6. The average molecular weight is 330 g/mol. The van der Waals surface area contributed by atoms with Crippen molar-refractivity contribution in [1.82, 2.24) is 0 Å². The third kappa shape index (κ3) is 3.30. The Hall–Kier alpha value is -1.74. The fourth-order valence-corrected chi connectivity index (χ4v) is 4.01. The maximum absolute atomic E-state index is 10.8. The number of carboxylic acids is 2. The van der Waals surface area contributed by atoms with E-state index >= 15 is 0 Å². The first-order valence-corrected chi connectivity index (χ1v) is 8.05. The maximum Gasteiger partial charge on any atom is 0.343 e. The molecule has 3 aliphatic rings. The van der Waals surface area contributed by atoms with Gasteiger partial charge in [0.25, 0.3) is 0 Å². The van der Waals surface area contributed by atoms with Gasteiger partial charge in [0.05, 0.1) is 22.3 Å². The minimum atomic E-state index is -1.12. The van der Waals surface area contributed by atoms with Gasteiger partial charge in [-0.25, -0.2) is 19.2 Å². The molecule has 3 rings (SSSR count). The van der Waals surface area contributed by atoms with E-state index in [9.17, 15) is 19.2 Å². The first kappa shape index (κ1) is 15.6. The van der Waals surface area contributed by atoms with Crippen LogP contribution in [0.15, 0.2) is 22.3 Å². The van der Waals surface area contributed by atoms with Crippen molar-refractivity contribution < 1.29 is 34.1 Å². The van der Waals surface area contributed by atoms with Crippen molar-refractivity contribution >= 4 is 47.4 Å². The Bertz CT molecular complexity index is 555. The standard InChI is InChI=1S/C6H6O4S.C6H4O3S/c7-5(8)3-1-11-2-4(3)6(9)10;7-5-3-1-10-2-4(3)6(8)9-5/h1-2H2,(H,7,8)(H,9,10);1-2H2. The molecule has 0 aromatic rings. The predicted molar refractivity (Wildman–Crippen MR) is 75.1 cm³/mol. The van der Waals surface area contributed by atoms with Gasteiger partial charge in [0.15, 0.2) is 0 Å². The molecule has 0 aromatic heterocycles. The van der Waals surface area contributed by atoms with Crippen LogP contribution in [0.2, 0.25) is 0 Å². The smallest absolute Gasteiger partial charge is 0.343 e. The van der Waals surface area contributed by atoms with E-state index in [4.69, 9.17) is 10.2 Å². The van der Waals surface area contributed by atoms with Gasteiger partial charge >= 0.3 is 23.9 Å². The molecule has 0 saturated carbocycles. The summed E-state index contributed by atoms with van der Waals surface area (Å²) < 4.78 is 4.36. The van der Waals surface area contributed by atoms with Gasteiger partial charge in [0.1, 0.15) is 0 Å². The number of thioether (sulfide) groups is 2. The molecule has 0 saturated heterocycles. The molecule has 0 amide bonds. The second-order valence-electron chi connectivity index (χ2n) is 4.19. The van der Waals surface area contributed by atoms with Crippen molar-refractivity contribution in [2.45, 2.75) is 0 Å². The van der Waals surface area contributed by atoms with Gasteiger partial charge in [-0.1, -0.05) is 0 Å². The zero-order chi connectivity index (χ0) is 15.6. The third-order valence-corrected chi connectivity index (χ3v) is 4.88. The van der Waals surface area contributed by atoms with E-state index in [1.807, 2.05) is 0 Å². The van der Waals surface area contributed by atoms with E-state index in [2.05, 4.69) is 4.74 Å². The number of carbonyl (C=O) groups is 4. The second kappa shape index (κ2) is 6.35. The monoisotopic (exact) mass is 330 g/mol. The normalized spacial score (nSPS) is 20.2. The number of carboxylic acid groups (broad SMARTS) is 2. The Kier molecular flexibility index (Phi) is 4.73. The van der Waals surface area contributed by atoms with E-state index in [0.29, 0.717) is 34.2 Å². The molecule has 0 fully saturated rings. The number of rotatable bonds is 2. The summed E-state index contributed by atoms with van der Waals surface area (Å²) >= 11 is 2.89. The molecule has 3 aliphatic heterocycles. The van der Waals surface area contributed by atoms with Crippen LogP contribution in [0.25, 0.3) is 0 Å². The van der Waals surface area contributed by atoms with Gasteiger partial charge in [-0.2, -0.15) is 23.5 Å². The van der Waals surface area contributed by atoms with E-state index < -0.39 is 23.9 Å². The van der Waals surface area contributed by atoms with Crippen molar-refractivity contribution in [3.63, 3.8) is 0 Å². The summed E-state index contributed by atoms with van der Waals surface area (Å²) in [7, 11) is 0. The number of ether oxygens (including phenoxy) is 1. The lowest BCUT2D eigenvalue weighted by atomic mass is 10.1. The lowest BCUT2D eigenvalue weighted by Crippen LogP contribution is -2.09. The largest absolute Gasteiger partial charge is 0.478 e. The van der Waals surface area contributed by atoms with E-state index in [1.54, 1.807) is 11.8 Å². The Morgan fingerprint density at radius 1 is 0.810 bits per heavy atom. The minimum Gasteiger partial charge on any atom is -0.478 e. The summed E-state index contributed by atoms with van der Waals surface area (Å²) in [6.07, 6.45) is 0. The summed E-state index contributed by atoms with van der Waals surface area (Å²) in [5, 5.41) is 17.0. The highest BCUT2D eigenvalue weighted by molar-refractivity contribution is 8.00. The lowest BCUT2D eigenvalue weighted by Gasteiger charge is -1.93. The molecule has 21 heavy (non-hydrogen) atoms. The number of esters is 2. The molecule has 0 atom stereocenters. The quantitative estimate of drug-likeness (QED) is 0.544. The highest BCUT2D eigenvalue weighted by atomic mass is 32.2. The highest BCUT2D eigenvalue weighted by Crippen LogP contribution is 2.30. The van der Waals surface area contributed by atoms with Crippen LogP contribution in [0.3, 0.4) is 0 Å². The summed E-state index contributed by atoms with van der Waals surface area (Å²) in [6.45, 7) is 0. The zero-order valence-corrected chi connectivity index (χ0v) is 12.2. The van der Waals surface area contributed by atoms with Crippen molar-refractivity contribution in [2.75, 3.05) is 23.0 Å². The van der Waals surface area contributed by atoms with Gasteiger partial charge in [0, 0.05) is 23.0 Å². The fourth-order valence-electron chi connectivity index (χ4n) is 1.81. The summed E-state index contributed by atoms with van der Waals surface area (Å²) in [5.41, 5.74) is 1.22. The molecule has 3 heterocycles. The van der Waals surface area contributed by atoms with Crippen molar-refractivity contribution in [3.05, 3.63) is 22.3 Å². The molecule has 0 unspecified atom stereocenters. The predicted octanol–water partition coefficient (Wildman–Crippen LogP) is 0.312. The molecule has 0 aliphatic carbocycles. The Morgan fingerprint density at radius 2 is 1.19 bits per heavy atom. The number of aliphatic carboxylic acids is 2. The number of cyclic esters (lactones) is 2. The molecule has 0 radical (unpaired) electrons. The van der Waals surface area contributed by atoms with E-state index in [-0.39, 0.29) is 11.1 Å². The summed E-state index contributed by atoms with van der Waals surface area (Å²) in [4.78, 5) is 42.3. The Morgan fingerprint density at radius 3 is 1.57 bits per heavy atom. The number of carbonyl (C=O) groups excluding carboxylic acids is 2. The minimum absolute atomic E-state index is 0.0301. The van der Waals surface area contributed by atoms with Crippen molar-refractivity contribution in [1.29, 1.82) is 0 Å². The van der Waals surface area contributed by atoms with Crippen LogP contribution in [-0.2, 0) is 23.9 Å². The topological polar surface area (TPSA) is 118 Å². The van der Waals surface area contributed by atoms with Crippen LogP contribution >= 0.6 is 23.5 Å². The molecule has 2 N–H and O–H groups in total. The molecular formula is C12H10O7S2. The number of hydrogen-bond acceptors (Lipinski definition) is 7. The molecule has 7 nitrogen and oxygen atoms in total. The van der Waals surface area contributed by atoms with Crippen LogP contribution in [0, 0.1) is 0 Å². The van der Waals surface area contributed by atoms with Crippen LogP contribution < -0.4 is 0 Å². The van der Waals surface area contributed by atoms with Crippen LogP contribution in [-0.4, -0.2) is 57.1 Å².